The van der Waals surface area contributed by atoms with E-state index in [1.165, 1.54) is 24.3 Å². The van der Waals surface area contributed by atoms with Crippen molar-refractivity contribution in [1.82, 2.24) is 4.98 Å². The Hall–Kier alpha value is -2.61. The number of allylic oxidation sites excluding steroid dienone is 1. The van der Waals surface area contributed by atoms with Crippen molar-refractivity contribution < 1.29 is 22.0 Å². The second-order valence-corrected chi connectivity index (χ2v) is 10.4. The number of pyridine rings is 1. The Morgan fingerprint density at radius 1 is 1.06 bits per heavy atom. The van der Waals surface area contributed by atoms with E-state index in [1.807, 2.05) is 6.07 Å². The van der Waals surface area contributed by atoms with Crippen molar-refractivity contribution in [2.75, 3.05) is 11.6 Å². The zero-order valence-corrected chi connectivity index (χ0v) is 17.9. The first kappa shape index (κ1) is 21.6. The topological polar surface area (TPSA) is 76.1 Å². The molecule has 4 rings (SSSR count). The van der Waals surface area contributed by atoms with Gasteiger partial charge in [-0.2, -0.15) is 0 Å². The van der Waals surface area contributed by atoms with Crippen LogP contribution in [0.5, 0.6) is 0 Å². The van der Waals surface area contributed by atoms with Gasteiger partial charge in [0.05, 0.1) is 4.90 Å². The summed E-state index contributed by atoms with van der Waals surface area (Å²) < 4.78 is 50.8. The van der Waals surface area contributed by atoms with Crippen molar-refractivity contribution in [1.29, 1.82) is 0 Å². The minimum Gasteiger partial charge on any atom is -0.307 e. The smallest absolute Gasteiger partial charge is 0.257 e. The predicted octanol–water partition coefficient (Wildman–Crippen LogP) is 4.47. The van der Waals surface area contributed by atoms with Gasteiger partial charge in [-0.1, -0.05) is 24.3 Å². The van der Waals surface area contributed by atoms with E-state index in [0.717, 1.165) is 24.7 Å². The van der Waals surface area contributed by atoms with E-state index in [2.05, 4.69) is 10.3 Å². The lowest BCUT2D eigenvalue weighted by Gasteiger charge is -2.12. The highest BCUT2D eigenvalue weighted by Crippen LogP contribution is 2.40. The number of sulfone groups is 1. The van der Waals surface area contributed by atoms with Crippen molar-refractivity contribution in [3.8, 4) is 0 Å². The Labute approximate surface area is 180 Å². The zero-order valence-electron chi connectivity index (χ0n) is 17.1. The average Bonchev–Trinajstić information content (AvgIpc) is 3.52. The molecule has 1 heterocycles. The van der Waals surface area contributed by atoms with Gasteiger partial charge in [-0.15, -0.1) is 0 Å². The molecule has 1 aromatic heterocycles. The van der Waals surface area contributed by atoms with Crippen LogP contribution in [0.4, 0.5) is 14.6 Å². The van der Waals surface area contributed by atoms with E-state index >= 15 is 0 Å². The van der Waals surface area contributed by atoms with Gasteiger partial charge in [0, 0.05) is 18.0 Å². The summed E-state index contributed by atoms with van der Waals surface area (Å²) in [7, 11) is -3.39. The number of aromatic nitrogens is 1. The Morgan fingerprint density at radius 2 is 1.71 bits per heavy atom. The number of nitrogens with zero attached hydrogens (tertiary/aromatic N) is 1. The fourth-order valence-electron chi connectivity index (χ4n) is 3.85. The number of nitrogens with one attached hydrogen (secondary N) is 1. The molecule has 3 atom stereocenters. The first-order valence-electron chi connectivity index (χ1n) is 10.3. The maximum absolute atomic E-state index is 13.7. The number of rotatable bonds is 6. The Bertz CT molecular complexity index is 1080. The van der Waals surface area contributed by atoms with Gasteiger partial charge in [0.15, 0.2) is 9.84 Å². The third kappa shape index (κ3) is 5.18. The number of amides is 1. The molecular weight excluding hydrogens is 422 g/mol. The quantitative estimate of drug-likeness (QED) is 0.665. The van der Waals surface area contributed by atoms with Crippen LogP contribution in [0, 0.1) is 5.92 Å². The second-order valence-electron chi connectivity index (χ2n) is 8.35. The summed E-state index contributed by atoms with van der Waals surface area (Å²) in [5, 5.41) is 2.74. The Balaban J connectivity index is 1.60. The number of carbonyl (C=O) groups excluding carboxylic acids is 1. The van der Waals surface area contributed by atoms with Gasteiger partial charge in [-0.3, -0.25) is 4.79 Å². The van der Waals surface area contributed by atoms with Crippen LogP contribution in [-0.4, -0.2) is 37.9 Å². The van der Waals surface area contributed by atoms with E-state index in [-0.39, 0.29) is 23.3 Å². The molecule has 31 heavy (non-hydrogen) atoms. The summed E-state index contributed by atoms with van der Waals surface area (Å²) in [5.74, 6) is 0.0407. The van der Waals surface area contributed by atoms with Crippen LogP contribution in [0.1, 0.15) is 42.7 Å². The van der Waals surface area contributed by atoms with Gasteiger partial charge in [0.2, 0.25) is 0 Å². The van der Waals surface area contributed by atoms with Crippen LogP contribution in [0.15, 0.2) is 53.6 Å². The standard InChI is InChI=1S/C23H24F2N2O3S/c1-31(29,30)18-7-4-16(5-8-18)19(10-14-11-20(24)21(25)12-14)23(28)27-22-9-6-17(13-26-22)15-2-3-15/h4-10,13-15,20-21H,2-3,11-12H2,1H3,(H,26,27,28)/t14?,20-,21+. The van der Waals surface area contributed by atoms with Crippen molar-refractivity contribution in [3.63, 3.8) is 0 Å². The minimum absolute atomic E-state index is 0.00764. The highest BCUT2D eigenvalue weighted by Gasteiger charge is 2.34. The summed E-state index contributed by atoms with van der Waals surface area (Å²) in [6.45, 7) is 0. The highest BCUT2D eigenvalue weighted by atomic mass is 32.2. The molecule has 1 N–H and O–H groups in total. The molecular formula is C23H24F2N2O3S. The summed E-state index contributed by atoms with van der Waals surface area (Å²) in [5.41, 5.74) is 1.84. The molecule has 2 aromatic rings. The molecule has 1 unspecified atom stereocenters. The molecule has 0 spiro atoms. The van der Waals surface area contributed by atoms with E-state index < -0.39 is 34.0 Å². The maximum Gasteiger partial charge on any atom is 0.257 e. The number of anilines is 1. The van der Waals surface area contributed by atoms with Crippen molar-refractivity contribution >= 4 is 27.1 Å². The summed E-state index contributed by atoms with van der Waals surface area (Å²) in [4.78, 5) is 17.5. The molecule has 2 fully saturated rings. The van der Waals surface area contributed by atoms with Crippen molar-refractivity contribution in [3.05, 3.63) is 59.8 Å². The molecule has 5 nitrogen and oxygen atoms in total. The normalized spacial score (nSPS) is 24.2. The Kier molecular flexibility index (Phi) is 5.92. The van der Waals surface area contributed by atoms with Gasteiger partial charge < -0.3 is 5.32 Å². The predicted molar refractivity (Wildman–Crippen MR) is 115 cm³/mol. The number of halogens is 2. The number of carbonyl (C=O) groups is 1. The first-order valence-corrected chi connectivity index (χ1v) is 12.2. The zero-order chi connectivity index (χ0) is 22.2. The van der Waals surface area contributed by atoms with Crippen molar-refractivity contribution in [2.24, 2.45) is 5.92 Å². The van der Waals surface area contributed by atoms with Crippen LogP contribution >= 0.6 is 0 Å². The molecule has 2 aliphatic rings. The molecule has 0 saturated heterocycles. The third-order valence-corrected chi connectivity index (χ3v) is 6.89. The second kappa shape index (κ2) is 8.49. The molecule has 2 saturated carbocycles. The SMILES string of the molecule is CS(=O)(=O)c1ccc(C(=CC2C[C@@H](F)[C@@H](F)C2)C(=O)Nc2ccc(C3CC3)cn2)cc1. The largest absolute Gasteiger partial charge is 0.307 e. The van der Waals surface area contributed by atoms with Gasteiger partial charge >= 0.3 is 0 Å². The van der Waals surface area contributed by atoms with E-state index in [1.54, 1.807) is 18.3 Å². The van der Waals surface area contributed by atoms with Crippen LogP contribution in [0.25, 0.3) is 5.57 Å². The number of hydrogen-bond acceptors (Lipinski definition) is 4. The van der Waals surface area contributed by atoms with E-state index in [0.29, 0.717) is 17.3 Å². The molecule has 0 radical (unpaired) electrons. The van der Waals surface area contributed by atoms with E-state index in [9.17, 15) is 22.0 Å². The molecule has 1 amide bonds. The lowest BCUT2D eigenvalue weighted by molar-refractivity contribution is -0.111. The lowest BCUT2D eigenvalue weighted by Crippen LogP contribution is -2.16. The van der Waals surface area contributed by atoms with Gasteiger partial charge in [0.1, 0.15) is 18.2 Å². The van der Waals surface area contributed by atoms with E-state index in [4.69, 9.17) is 0 Å². The fraction of sp³-hybridized carbons (Fsp3) is 0.391. The number of alkyl halides is 2. The maximum atomic E-state index is 13.7. The van der Waals surface area contributed by atoms with Crippen molar-refractivity contribution in [2.45, 2.75) is 48.8 Å². The molecule has 164 valence electrons. The molecule has 8 heteroatoms. The summed E-state index contributed by atoms with van der Waals surface area (Å²) in [6.07, 6.45) is 3.65. The molecule has 0 bridgehead atoms. The van der Waals surface area contributed by atoms with Gasteiger partial charge in [-0.25, -0.2) is 22.2 Å². The van der Waals surface area contributed by atoms with Crippen LogP contribution in [0.3, 0.4) is 0 Å². The number of hydrogen-bond donors (Lipinski definition) is 1. The third-order valence-electron chi connectivity index (χ3n) is 5.77. The molecule has 2 aliphatic carbocycles. The van der Waals surface area contributed by atoms with Crippen LogP contribution in [-0.2, 0) is 14.6 Å². The monoisotopic (exact) mass is 446 g/mol. The Morgan fingerprint density at radius 3 is 2.23 bits per heavy atom. The molecule has 1 aromatic carbocycles. The summed E-state index contributed by atoms with van der Waals surface area (Å²) >= 11 is 0. The summed E-state index contributed by atoms with van der Waals surface area (Å²) in [6, 6.07) is 9.56. The molecule has 0 aliphatic heterocycles. The number of benzene rings is 1. The lowest BCUT2D eigenvalue weighted by atomic mass is 9.98. The fourth-order valence-corrected chi connectivity index (χ4v) is 4.48. The van der Waals surface area contributed by atoms with Crippen LogP contribution < -0.4 is 5.32 Å². The average molecular weight is 447 g/mol. The first-order chi connectivity index (χ1) is 14.7. The van der Waals surface area contributed by atoms with Gasteiger partial charge in [0.25, 0.3) is 5.91 Å². The highest BCUT2D eigenvalue weighted by molar-refractivity contribution is 7.90. The van der Waals surface area contributed by atoms with Crippen LogP contribution in [0.2, 0.25) is 0 Å². The van der Waals surface area contributed by atoms with Gasteiger partial charge in [-0.05, 0) is 66.8 Å². The minimum atomic E-state index is -3.39.